The summed E-state index contributed by atoms with van der Waals surface area (Å²) in [7, 11) is 1.57. The number of non-ortho nitro benzene ring substituents is 1. The van der Waals surface area contributed by atoms with Gasteiger partial charge in [0.05, 0.1) is 30.8 Å². The number of benzene rings is 2. The second kappa shape index (κ2) is 10.3. The number of nitro groups is 1. The summed E-state index contributed by atoms with van der Waals surface area (Å²) in [5, 5.41) is 11.1. The molecule has 0 aromatic heterocycles. The van der Waals surface area contributed by atoms with Crippen molar-refractivity contribution in [1.29, 1.82) is 0 Å². The number of rotatable bonds is 8. The van der Waals surface area contributed by atoms with E-state index in [1.165, 1.54) is 17.0 Å². The van der Waals surface area contributed by atoms with Crippen LogP contribution >= 0.6 is 0 Å². The topological polar surface area (TPSA) is 99.0 Å². The number of ether oxygens (including phenoxy) is 2. The third-order valence-corrected chi connectivity index (χ3v) is 5.57. The molecule has 0 aliphatic carbocycles. The van der Waals surface area contributed by atoms with Gasteiger partial charge in [-0.05, 0) is 36.1 Å². The largest absolute Gasteiger partial charge is 0.497 e. The summed E-state index contributed by atoms with van der Waals surface area (Å²) in [6.45, 7) is 6.02. The fraction of sp³-hybridized carbons (Fsp3) is 0.360. The van der Waals surface area contributed by atoms with Gasteiger partial charge in [-0.3, -0.25) is 14.9 Å². The minimum atomic E-state index is -0.474. The molecule has 0 saturated carbocycles. The summed E-state index contributed by atoms with van der Waals surface area (Å²) in [4.78, 5) is 38.5. The highest BCUT2D eigenvalue weighted by atomic mass is 16.6. The van der Waals surface area contributed by atoms with E-state index < -0.39 is 16.8 Å². The van der Waals surface area contributed by atoms with Crippen LogP contribution in [0.25, 0.3) is 0 Å². The first-order valence-corrected chi connectivity index (χ1v) is 10.8. The van der Waals surface area contributed by atoms with E-state index in [4.69, 9.17) is 9.47 Å². The Labute approximate surface area is 193 Å². The Morgan fingerprint density at radius 3 is 2.52 bits per heavy atom. The van der Waals surface area contributed by atoms with E-state index in [0.29, 0.717) is 22.6 Å². The predicted molar refractivity (Wildman–Crippen MR) is 122 cm³/mol. The fourth-order valence-electron chi connectivity index (χ4n) is 3.86. The summed E-state index contributed by atoms with van der Waals surface area (Å²) in [5.74, 6) is -0.235. The summed E-state index contributed by atoms with van der Waals surface area (Å²) < 4.78 is 10.8. The molecule has 8 nitrogen and oxygen atoms in total. The highest BCUT2D eigenvalue weighted by Crippen LogP contribution is 2.38. The molecular formula is C25H28N2O6. The van der Waals surface area contributed by atoms with E-state index in [9.17, 15) is 19.7 Å². The van der Waals surface area contributed by atoms with E-state index in [2.05, 4.69) is 0 Å². The van der Waals surface area contributed by atoms with Crippen molar-refractivity contribution < 1.29 is 24.0 Å². The Morgan fingerprint density at radius 2 is 1.91 bits per heavy atom. The van der Waals surface area contributed by atoms with Crippen LogP contribution < -0.4 is 4.74 Å². The molecule has 0 radical (unpaired) electrons. The highest BCUT2D eigenvalue weighted by molar-refractivity contribution is 5.95. The van der Waals surface area contributed by atoms with Crippen LogP contribution in [0.4, 0.5) is 5.69 Å². The van der Waals surface area contributed by atoms with Crippen molar-refractivity contribution in [2.24, 2.45) is 5.92 Å². The zero-order chi connectivity index (χ0) is 24.1. The van der Waals surface area contributed by atoms with Crippen LogP contribution in [0.15, 0.2) is 59.8 Å². The van der Waals surface area contributed by atoms with Gasteiger partial charge in [-0.1, -0.05) is 38.1 Å². The average Bonchev–Trinajstić information content (AvgIpc) is 2.80. The molecule has 2 aromatic carbocycles. The number of nitro benzene ring substituents is 1. The van der Waals surface area contributed by atoms with Crippen molar-refractivity contribution in [1.82, 2.24) is 4.90 Å². The van der Waals surface area contributed by atoms with Gasteiger partial charge < -0.3 is 14.4 Å². The van der Waals surface area contributed by atoms with Gasteiger partial charge in [0.25, 0.3) is 5.69 Å². The number of carbonyl (C=O) groups is 2. The number of amides is 1. The van der Waals surface area contributed by atoms with Crippen molar-refractivity contribution in [3.05, 3.63) is 81.0 Å². The SMILES string of the molecule is COc1ccc(C2CC(=O)N(Cc3cccc([N+](=O)[O-])c3)C(C)=C2C(=O)OCC(C)C)cc1. The molecule has 1 aliphatic heterocycles. The quantitative estimate of drug-likeness (QED) is 0.330. The maximum absolute atomic E-state index is 13.2. The monoisotopic (exact) mass is 452 g/mol. The van der Waals surface area contributed by atoms with E-state index in [1.54, 1.807) is 38.3 Å². The molecule has 1 unspecified atom stereocenters. The molecule has 1 atom stereocenters. The van der Waals surface area contributed by atoms with E-state index in [1.807, 2.05) is 26.0 Å². The van der Waals surface area contributed by atoms with Gasteiger partial charge >= 0.3 is 5.97 Å². The lowest BCUT2D eigenvalue weighted by atomic mass is 9.83. The van der Waals surface area contributed by atoms with Crippen LogP contribution in [0.5, 0.6) is 5.75 Å². The molecule has 0 N–H and O–H groups in total. The molecule has 1 amide bonds. The molecule has 33 heavy (non-hydrogen) atoms. The van der Waals surface area contributed by atoms with Crippen molar-refractivity contribution >= 4 is 17.6 Å². The molecule has 8 heteroatoms. The molecule has 2 aromatic rings. The van der Waals surface area contributed by atoms with Crippen molar-refractivity contribution in [3.63, 3.8) is 0 Å². The fourth-order valence-corrected chi connectivity index (χ4v) is 3.86. The second-order valence-corrected chi connectivity index (χ2v) is 8.43. The Bertz CT molecular complexity index is 1070. The number of hydrogen-bond acceptors (Lipinski definition) is 6. The standard InChI is InChI=1S/C25H28N2O6/c1-16(2)15-33-25(29)24-17(3)26(14-18-6-5-7-20(12-18)27(30)31)23(28)13-22(24)19-8-10-21(32-4)11-9-19/h5-12,16,22H,13-15H2,1-4H3. The van der Waals surface area contributed by atoms with Crippen molar-refractivity contribution in [3.8, 4) is 5.75 Å². The zero-order valence-electron chi connectivity index (χ0n) is 19.2. The van der Waals surface area contributed by atoms with Crippen LogP contribution in [0.2, 0.25) is 0 Å². The van der Waals surface area contributed by atoms with Crippen LogP contribution in [0.1, 0.15) is 44.2 Å². The number of methoxy groups -OCH3 is 1. The third kappa shape index (κ3) is 5.58. The van der Waals surface area contributed by atoms with Crippen molar-refractivity contribution in [2.45, 2.75) is 39.7 Å². The molecule has 1 heterocycles. The predicted octanol–water partition coefficient (Wildman–Crippen LogP) is 4.59. The minimum Gasteiger partial charge on any atom is -0.497 e. The Balaban J connectivity index is 2.00. The first kappa shape index (κ1) is 24.0. The zero-order valence-corrected chi connectivity index (χ0v) is 19.2. The highest BCUT2D eigenvalue weighted by Gasteiger charge is 2.37. The van der Waals surface area contributed by atoms with Gasteiger partial charge in [-0.25, -0.2) is 4.79 Å². The van der Waals surface area contributed by atoms with Gasteiger partial charge in [0.1, 0.15) is 5.75 Å². The first-order valence-electron chi connectivity index (χ1n) is 10.8. The number of carbonyl (C=O) groups excluding carboxylic acids is 2. The Hall–Kier alpha value is -3.68. The lowest BCUT2D eigenvalue weighted by Gasteiger charge is -2.34. The molecule has 1 aliphatic rings. The van der Waals surface area contributed by atoms with Crippen LogP contribution in [-0.4, -0.2) is 35.4 Å². The second-order valence-electron chi connectivity index (χ2n) is 8.43. The van der Waals surface area contributed by atoms with Gasteiger partial charge in [-0.2, -0.15) is 0 Å². The van der Waals surface area contributed by atoms with Gasteiger partial charge in [0.2, 0.25) is 5.91 Å². The van der Waals surface area contributed by atoms with Gasteiger partial charge in [0.15, 0.2) is 0 Å². The summed E-state index contributed by atoms with van der Waals surface area (Å²) >= 11 is 0. The molecule has 0 saturated heterocycles. The maximum Gasteiger partial charge on any atom is 0.336 e. The van der Waals surface area contributed by atoms with E-state index >= 15 is 0 Å². The maximum atomic E-state index is 13.2. The summed E-state index contributed by atoms with van der Waals surface area (Å²) in [6, 6.07) is 13.4. The number of esters is 1. The van der Waals surface area contributed by atoms with Crippen LogP contribution in [0, 0.1) is 16.0 Å². The normalized spacial score (nSPS) is 16.2. The smallest absolute Gasteiger partial charge is 0.336 e. The molecular weight excluding hydrogens is 424 g/mol. The molecule has 0 spiro atoms. The van der Waals surface area contributed by atoms with E-state index in [-0.39, 0.29) is 37.1 Å². The lowest BCUT2D eigenvalue weighted by Crippen LogP contribution is -2.38. The lowest BCUT2D eigenvalue weighted by molar-refractivity contribution is -0.384. The first-order chi connectivity index (χ1) is 15.7. The molecule has 0 bridgehead atoms. The summed E-state index contributed by atoms with van der Waals surface area (Å²) in [6.07, 6.45) is 0.0880. The van der Waals surface area contributed by atoms with Crippen molar-refractivity contribution in [2.75, 3.05) is 13.7 Å². The molecule has 3 rings (SSSR count). The van der Waals surface area contributed by atoms with Crippen LogP contribution in [0.3, 0.4) is 0 Å². The van der Waals surface area contributed by atoms with Gasteiger partial charge in [-0.15, -0.1) is 0 Å². The average molecular weight is 453 g/mol. The third-order valence-electron chi connectivity index (χ3n) is 5.57. The minimum absolute atomic E-state index is 0.0498. The number of hydrogen-bond donors (Lipinski definition) is 0. The summed E-state index contributed by atoms with van der Waals surface area (Å²) in [5.41, 5.74) is 2.29. The molecule has 0 fully saturated rings. The molecule has 174 valence electrons. The Morgan fingerprint density at radius 1 is 1.21 bits per heavy atom. The van der Waals surface area contributed by atoms with Gasteiger partial charge in [0, 0.05) is 30.2 Å². The number of allylic oxidation sites excluding steroid dienone is 1. The number of nitrogens with zero attached hydrogens (tertiary/aromatic N) is 2. The van der Waals surface area contributed by atoms with E-state index in [0.717, 1.165) is 5.56 Å². The Kier molecular flexibility index (Phi) is 7.48. The van der Waals surface area contributed by atoms with Crippen LogP contribution in [-0.2, 0) is 20.9 Å².